The molecular weight excluding hydrogens is 411 g/mol. The number of aryl methyl sites for hydroxylation is 1. The highest BCUT2D eigenvalue weighted by molar-refractivity contribution is 14.0. The molecule has 130 valence electrons. The third kappa shape index (κ3) is 5.96. The Morgan fingerprint density at radius 3 is 2.65 bits per heavy atom. The van der Waals surface area contributed by atoms with Crippen LogP contribution in [0.25, 0.3) is 0 Å². The summed E-state index contributed by atoms with van der Waals surface area (Å²) in [7, 11) is 3.44. The summed E-state index contributed by atoms with van der Waals surface area (Å²) in [5, 5.41) is 9.68. The van der Waals surface area contributed by atoms with E-state index in [-0.39, 0.29) is 29.9 Å². The smallest absolute Gasteiger partial charge is 0.246 e. The van der Waals surface area contributed by atoms with Gasteiger partial charge in [-0.05, 0) is 25.7 Å². The molecule has 0 aromatic carbocycles. The number of halogens is 1. The van der Waals surface area contributed by atoms with Crippen LogP contribution in [-0.4, -0.2) is 54.1 Å². The number of likely N-dealkylation sites (tertiary alicyclic amines) is 1. The fourth-order valence-electron chi connectivity index (χ4n) is 2.61. The molecule has 2 N–H and O–H groups in total. The van der Waals surface area contributed by atoms with Gasteiger partial charge < -0.3 is 20.1 Å². The molecule has 1 saturated heterocycles. The Kier molecular flexibility index (Phi) is 8.28. The van der Waals surface area contributed by atoms with E-state index in [0.717, 1.165) is 31.9 Å². The van der Waals surface area contributed by atoms with Crippen molar-refractivity contribution < 1.29 is 9.32 Å². The number of hydrogen-bond acceptors (Lipinski definition) is 5. The predicted molar refractivity (Wildman–Crippen MR) is 97.6 cm³/mol. The fourth-order valence-corrected chi connectivity index (χ4v) is 2.61. The van der Waals surface area contributed by atoms with E-state index in [2.05, 4.69) is 30.7 Å². The van der Waals surface area contributed by atoms with Crippen LogP contribution in [-0.2, 0) is 11.3 Å². The molecule has 2 rings (SSSR count). The van der Waals surface area contributed by atoms with Gasteiger partial charge >= 0.3 is 0 Å². The van der Waals surface area contributed by atoms with Crippen LogP contribution in [0.15, 0.2) is 9.52 Å². The number of guanidine groups is 1. The SMILES string of the molecule is CN=C(NCc1nc(C)no1)N1CCC(CC(=O)NC)CC1.I. The predicted octanol–water partition coefficient (Wildman–Crippen LogP) is 0.920. The minimum Gasteiger partial charge on any atom is -0.359 e. The Morgan fingerprint density at radius 2 is 2.13 bits per heavy atom. The third-order valence-electron chi connectivity index (χ3n) is 3.85. The maximum atomic E-state index is 11.4. The van der Waals surface area contributed by atoms with E-state index in [9.17, 15) is 4.79 Å². The number of nitrogens with one attached hydrogen (secondary N) is 2. The molecule has 8 nitrogen and oxygen atoms in total. The van der Waals surface area contributed by atoms with Gasteiger partial charge in [0.1, 0.15) is 0 Å². The average molecular weight is 436 g/mol. The van der Waals surface area contributed by atoms with Gasteiger partial charge in [-0.3, -0.25) is 9.79 Å². The summed E-state index contributed by atoms with van der Waals surface area (Å²) < 4.78 is 5.08. The molecule has 2 heterocycles. The van der Waals surface area contributed by atoms with Crippen molar-refractivity contribution in [2.75, 3.05) is 27.2 Å². The minimum atomic E-state index is 0. The number of hydrogen-bond donors (Lipinski definition) is 2. The van der Waals surface area contributed by atoms with Crippen molar-refractivity contribution in [2.24, 2.45) is 10.9 Å². The number of piperidine rings is 1. The molecule has 1 amide bonds. The number of rotatable bonds is 4. The first-order valence-electron chi connectivity index (χ1n) is 7.57. The van der Waals surface area contributed by atoms with Gasteiger partial charge in [0.15, 0.2) is 11.8 Å². The number of carbonyl (C=O) groups is 1. The average Bonchev–Trinajstić information content (AvgIpc) is 2.95. The van der Waals surface area contributed by atoms with Crippen molar-refractivity contribution in [1.29, 1.82) is 0 Å². The highest BCUT2D eigenvalue weighted by Crippen LogP contribution is 2.20. The lowest BCUT2D eigenvalue weighted by Crippen LogP contribution is -2.45. The zero-order valence-corrected chi connectivity index (χ0v) is 16.2. The number of nitrogens with zero attached hydrogens (tertiary/aromatic N) is 4. The molecule has 1 aliphatic heterocycles. The third-order valence-corrected chi connectivity index (χ3v) is 3.85. The number of aromatic nitrogens is 2. The summed E-state index contributed by atoms with van der Waals surface area (Å²) in [5.74, 6) is 2.57. The van der Waals surface area contributed by atoms with Crippen LogP contribution in [0, 0.1) is 12.8 Å². The summed E-state index contributed by atoms with van der Waals surface area (Å²) in [5.41, 5.74) is 0. The highest BCUT2D eigenvalue weighted by Gasteiger charge is 2.23. The van der Waals surface area contributed by atoms with Crippen molar-refractivity contribution in [3.05, 3.63) is 11.7 Å². The normalized spacial score (nSPS) is 16.0. The molecule has 1 aromatic heterocycles. The minimum absolute atomic E-state index is 0. The summed E-state index contributed by atoms with van der Waals surface area (Å²) in [6, 6.07) is 0. The summed E-state index contributed by atoms with van der Waals surface area (Å²) in [4.78, 5) is 22.1. The van der Waals surface area contributed by atoms with E-state index in [1.54, 1.807) is 21.0 Å². The molecule has 0 spiro atoms. The summed E-state index contributed by atoms with van der Waals surface area (Å²) in [6.45, 7) is 4.04. The van der Waals surface area contributed by atoms with Gasteiger partial charge in [0.05, 0.1) is 6.54 Å². The summed E-state index contributed by atoms with van der Waals surface area (Å²) in [6.07, 6.45) is 2.60. The first kappa shape index (κ1) is 19.7. The van der Waals surface area contributed by atoms with Crippen LogP contribution in [0.1, 0.15) is 31.0 Å². The number of carbonyl (C=O) groups excluding carboxylic acids is 1. The molecule has 0 unspecified atom stereocenters. The molecule has 0 bridgehead atoms. The van der Waals surface area contributed by atoms with E-state index in [1.807, 2.05) is 0 Å². The largest absolute Gasteiger partial charge is 0.359 e. The van der Waals surface area contributed by atoms with Crippen molar-refractivity contribution >= 4 is 35.8 Å². The molecule has 0 saturated carbocycles. The standard InChI is InChI=1S/C14H24N6O2.HI/c1-10-18-13(22-19-10)9-17-14(16-3)20-6-4-11(5-7-20)8-12(21)15-2;/h11H,4-9H2,1-3H3,(H,15,21)(H,16,17);1H. The molecule has 1 aliphatic rings. The zero-order valence-electron chi connectivity index (χ0n) is 13.8. The van der Waals surface area contributed by atoms with Gasteiger partial charge in [-0.2, -0.15) is 4.98 Å². The second-order valence-corrected chi connectivity index (χ2v) is 5.44. The van der Waals surface area contributed by atoms with Crippen molar-refractivity contribution in [3.8, 4) is 0 Å². The Labute approximate surface area is 153 Å². The molecule has 23 heavy (non-hydrogen) atoms. The molecule has 1 aromatic rings. The number of amides is 1. The topological polar surface area (TPSA) is 95.7 Å². The van der Waals surface area contributed by atoms with Crippen LogP contribution in [0.4, 0.5) is 0 Å². The quantitative estimate of drug-likeness (QED) is 0.414. The van der Waals surface area contributed by atoms with Crippen LogP contribution in [0.5, 0.6) is 0 Å². The monoisotopic (exact) mass is 436 g/mol. The maximum Gasteiger partial charge on any atom is 0.246 e. The van der Waals surface area contributed by atoms with Crippen LogP contribution < -0.4 is 10.6 Å². The Morgan fingerprint density at radius 1 is 1.43 bits per heavy atom. The van der Waals surface area contributed by atoms with Gasteiger partial charge in [-0.15, -0.1) is 24.0 Å². The van der Waals surface area contributed by atoms with Crippen molar-refractivity contribution in [1.82, 2.24) is 25.7 Å². The molecular formula is C14H25IN6O2. The molecule has 0 atom stereocenters. The van der Waals surface area contributed by atoms with Crippen LogP contribution in [0.3, 0.4) is 0 Å². The fraction of sp³-hybridized carbons (Fsp3) is 0.714. The highest BCUT2D eigenvalue weighted by atomic mass is 127. The van der Waals surface area contributed by atoms with Gasteiger partial charge in [0.25, 0.3) is 0 Å². The summed E-state index contributed by atoms with van der Waals surface area (Å²) >= 11 is 0. The first-order valence-corrected chi connectivity index (χ1v) is 7.57. The van der Waals surface area contributed by atoms with E-state index in [1.165, 1.54) is 0 Å². The Bertz CT molecular complexity index is 525. The van der Waals surface area contributed by atoms with E-state index < -0.39 is 0 Å². The second-order valence-electron chi connectivity index (χ2n) is 5.44. The van der Waals surface area contributed by atoms with E-state index >= 15 is 0 Å². The molecule has 0 aliphatic carbocycles. The lowest BCUT2D eigenvalue weighted by atomic mass is 9.93. The van der Waals surface area contributed by atoms with Crippen LogP contribution in [0.2, 0.25) is 0 Å². The van der Waals surface area contributed by atoms with Gasteiger partial charge in [-0.1, -0.05) is 5.16 Å². The number of aliphatic imine (C=N–C) groups is 1. The lowest BCUT2D eigenvalue weighted by Gasteiger charge is -2.33. The Hall–Kier alpha value is -1.39. The van der Waals surface area contributed by atoms with Crippen molar-refractivity contribution in [2.45, 2.75) is 32.7 Å². The molecule has 0 radical (unpaired) electrons. The van der Waals surface area contributed by atoms with Gasteiger partial charge in [0.2, 0.25) is 11.8 Å². The van der Waals surface area contributed by atoms with Gasteiger partial charge in [0, 0.05) is 33.6 Å². The van der Waals surface area contributed by atoms with E-state index in [0.29, 0.717) is 30.6 Å². The van der Waals surface area contributed by atoms with Gasteiger partial charge in [-0.25, -0.2) is 0 Å². The second kappa shape index (κ2) is 9.68. The van der Waals surface area contributed by atoms with Crippen molar-refractivity contribution in [3.63, 3.8) is 0 Å². The molecule has 9 heteroatoms. The van der Waals surface area contributed by atoms with Crippen LogP contribution >= 0.6 is 24.0 Å². The molecule has 1 fully saturated rings. The maximum absolute atomic E-state index is 11.4. The zero-order chi connectivity index (χ0) is 15.9. The lowest BCUT2D eigenvalue weighted by molar-refractivity contribution is -0.121. The Balaban J connectivity index is 0.00000264. The first-order chi connectivity index (χ1) is 10.6. The van der Waals surface area contributed by atoms with E-state index in [4.69, 9.17) is 4.52 Å².